The Bertz CT molecular complexity index is 345. The lowest BCUT2D eigenvalue weighted by Gasteiger charge is -1.98. The van der Waals surface area contributed by atoms with Gasteiger partial charge in [-0.3, -0.25) is 4.68 Å². The molecule has 2 saturated carbocycles. The van der Waals surface area contributed by atoms with Crippen molar-refractivity contribution in [2.75, 3.05) is 5.73 Å². The summed E-state index contributed by atoms with van der Waals surface area (Å²) in [6.07, 6.45) is 5.16. The van der Waals surface area contributed by atoms with Crippen LogP contribution < -0.4 is 5.73 Å². The monoisotopic (exact) mass is 177 g/mol. The predicted molar refractivity (Wildman–Crippen MR) is 51.6 cm³/mol. The predicted octanol–water partition coefficient (Wildman–Crippen LogP) is 1.76. The van der Waals surface area contributed by atoms with Crippen LogP contribution in [-0.4, -0.2) is 9.78 Å². The molecule has 13 heavy (non-hydrogen) atoms. The highest BCUT2D eigenvalue weighted by Gasteiger charge is 2.35. The number of rotatable bonds is 2. The standard InChI is InChI=1S/C10H15N3/c1-13-10(7-4-5-7)8(11)9(12-13)6-2-3-6/h6-7H,2-5,11H2,1H3. The van der Waals surface area contributed by atoms with E-state index in [9.17, 15) is 0 Å². The number of nitrogens with two attached hydrogens (primary N) is 1. The molecule has 1 aromatic heterocycles. The van der Waals surface area contributed by atoms with Gasteiger partial charge in [-0.15, -0.1) is 0 Å². The van der Waals surface area contributed by atoms with E-state index in [2.05, 4.69) is 5.10 Å². The van der Waals surface area contributed by atoms with Gasteiger partial charge in [0.1, 0.15) is 0 Å². The summed E-state index contributed by atoms with van der Waals surface area (Å²) < 4.78 is 2.00. The molecule has 2 aliphatic rings. The highest BCUT2D eigenvalue weighted by molar-refractivity contribution is 5.53. The van der Waals surface area contributed by atoms with Crippen LogP contribution in [0, 0.1) is 0 Å². The molecule has 0 atom stereocenters. The van der Waals surface area contributed by atoms with Gasteiger partial charge in [0.2, 0.25) is 0 Å². The highest BCUT2D eigenvalue weighted by atomic mass is 15.3. The second kappa shape index (κ2) is 2.28. The highest BCUT2D eigenvalue weighted by Crippen LogP contribution is 2.48. The van der Waals surface area contributed by atoms with Gasteiger partial charge in [0.05, 0.1) is 17.1 Å². The smallest absolute Gasteiger partial charge is 0.0887 e. The van der Waals surface area contributed by atoms with Crippen LogP contribution in [0.3, 0.4) is 0 Å². The van der Waals surface area contributed by atoms with Gasteiger partial charge in [0.15, 0.2) is 0 Å². The van der Waals surface area contributed by atoms with Crippen LogP contribution in [0.1, 0.15) is 48.9 Å². The van der Waals surface area contributed by atoms with E-state index >= 15 is 0 Å². The minimum Gasteiger partial charge on any atom is -0.396 e. The average molecular weight is 177 g/mol. The van der Waals surface area contributed by atoms with Crippen LogP contribution in [0.4, 0.5) is 5.69 Å². The third-order valence-electron chi connectivity index (χ3n) is 3.09. The lowest BCUT2D eigenvalue weighted by Crippen LogP contribution is -1.98. The van der Waals surface area contributed by atoms with Crippen LogP contribution in [0.5, 0.6) is 0 Å². The lowest BCUT2D eigenvalue weighted by molar-refractivity contribution is 0.700. The maximum Gasteiger partial charge on any atom is 0.0887 e. The molecule has 1 heterocycles. The van der Waals surface area contributed by atoms with Crippen LogP contribution in [0.25, 0.3) is 0 Å². The summed E-state index contributed by atoms with van der Waals surface area (Å²) in [6, 6.07) is 0. The summed E-state index contributed by atoms with van der Waals surface area (Å²) in [5, 5.41) is 4.53. The third-order valence-corrected chi connectivity index (χ3v) is 3.09. The molecule has 2 fully saturated rings. The quantitative estimate of drug-likeness (QED) is 0.748. The van der Waals surface area contributed by atoms with Crippen molar-refractivity contribution in [3.05, 3.63) is 11.4 Å². The maximum atomic E-state index is 6.10. The zero-order valence-electron chi connectivity index (χ0n) is 7.95. The van der Waals surface area contributed by atoms with Crippen molar-refractivity contribution in [3.63, 3.8) is 0 Å². The number of aryl methyl sites for hydroxylation is 1. The fourth-order valence-corrected chi connectivity index (χ4v) is 2.07. The Morgan fingerprint density at radius 3 is 2.38 bits per heavy atom. The number of anilines is 1. The Balaban J connectivity index is 2.06. The Morgan fingerprint density at radius 1 is 1.23 bits per heavy atom. The van der Waals surface area contributed by atoms with Crippen LogP contribution in [0.2, 0.25) is 0 Å². The molecule has 1 aromatic rings. The summed E-state index contributed by atoms with van der Waals surface area (Å²) in [5.41, 5.74) is 9.56. The normalized spacial score (nSPS) is 22.2. The molecule has 2 aliphatic carbocycles. The van der Waals surface area contributed by atoms with E-state index in [1.165, 1.54) is 37.1 Å². The molecule has 0 spiro atoms. The Labute approximate surface area is 77.9 Å². The van der Waals surface area contributed by atoms with E-state index < -0.39 is 0 Å². The molecule has 3 nitrogen and oxygen atoms in total. The average Bonchev–Trinajstić information content (AvgIpc) is 2.96. The van der Waals surface area contributed by atoms with Crippen molar-refractivity contribution in [2.24, 2.45) is 7.05 Å². The summed E-state index contributed by atoms with van der Waals surface area (Å²) in [7, 11) is 2.02. The molecule has 0 saturated heterocycles. The van der Waals surface area contributed by atoms with Gasteiger partial charge in [-0.1, -0.05) is 0 Å². The first-order chi connectivity index (χ1) is 6.27. The molecule has 3 heteroatoms. The van der Waals surface area contributed by atoms with Gasteiger partial charge >= 0.3 is 0 Å². The minimum absolute atomic E-state index is 0.679. The van der Waals surface area contributed by atoms with Crippen molar-refractivity contribution < 1.29 is 0 Å². The molecule has 2 N–H and O–H groups in total. The summed E-state index contributed by atoms with van der Waals surface area (Å²) in [5.74, 6) is 1.39. The molecule has 70 valence electrons. The second-order valence-corrected chi connectivity index (χ2v) is 4.36. The second-order valence-electron chi connectivity index (χ2n) is 4.36. The number of nitrogens with zero attached hydrogens (tertiary/aromatic N) is 2. The van der Waals surface area contributed by atoms with Crippen molar-refractivity contribution in [3.8, 4) is 0 Å². The van der Waals surface area contributed by atoms with E-state index in [-0.39, 0.29) is 0 Å². The van der Waals surface area contributed by atoms with Crippen LogP contribution in [-0.2, 0) is 7.05 Å². The molecule has 0 aromatic carbocycles. The summed E-state index contributed by atoms with van der Waals surface area (Å²) in [6.45, 7) is 0. The topological polar surface area (TPSA) is 43.8 Å². The number of hydrogen-bond donors (Lipinski definition) is 1. The summed E-state index contributed by atoms with van der Waals surface area (Å²) in [4.78, 5) is 0. The lowest BCUT2D eigenvalue weighted by atomic mass is 10.2. The van der Waals surface area contributed by atoms with Gasteiger partial charge in [0.25, 0.3) is 0 Å². The van der Waals surface area contributed by atoms with E-state index in [1.54, 1.807) is 0 Å². The minimum atomic E-state index is 0.679. The molecule has 0 unspecified atom stereocenters. The van der Waals surface area contributed by atoms with Crippen molar-refractivity contribution in [1.29, 1.82) is 0 Å². The van der Waals surface area contributed by atoms with Gasteiger partial charge in [-0.05, 0) is 25.7 Å². The summed E-state index contributed by atoms with van der Waals surface area (Å²) >= 11 is 0. The van der Waals surface area contributed by atoms with E-state index in [1.807, 2.05) is 11.7 Å². The fraction of sp³-hybridized carbons (Fsp3) is 0.700. The zero-order valence-corrected chi connectivity index (χ0v) is 7.95. The Hall–Kier alpha value is -0.990. The van der Waals surface area contributed by atoms with Gasteiger partial charge in [-0.2, -0.15) is 5.10 Å². The molecule has 0 bridgehead atoms. The van der Waals surface area contributed by atoms with E-state index in [4.69, 9.17) is 5.73 Å². The maximum absolute atomic E-state index is 6.10. The first kappa shape index (κ1) is 7.42. The molecule has 0 amide bonds. The molecule has 0 aliphatic heterocycles. The SMILES string of the molecule is Cn1nc(C2CC2)c(N)c1C1CC1. The van der Waals surface area contributed by atoms with Gasteiger partial charge in [-0.25, -0.2) is 0 Å². The molecular formula is C10H15N3. The van der Waals surface area contributed by atoms with Gasteiger partial charge in [0, 0.05) is 18.9 Å². The van der Waals surface area contributed by atoms with Crippen LogP contribution >= 0.6 is 0 Å². The Kier molecular flexibility index (Phi) is 1.30. The molecule has 0 radical (unpaired) electrons. The largest absolute Gasteiger partial charge is 0.396 e. The first-order valence-corrected chi connectivity index (χ1v) is 5.09. The van der Waals surface area contributed by atoms with Crippen molar-refractivity contribution in [2.45, 2.75) is 37.5 Å². The number of aromatic nitrogens is 2. The van der Waals surface area contributed by atoms with E-state index in [0.717, 1.165) is 5.69 Å². The van der Waals surface area contributed by atoms with Crippen LogP contribution in [0.15, 0.2) is 0 Å². The van der Waals surface area contributed by atoms with Gasteiger partial charge < -0.3 is 5.73 Å². The van der Waals surface area contributed by atoms with Crippen molar-refractivity contribution >= 4 is 5.69 Å². The number of hydrogen-bond acceptors (Lipinski definition) is 2. The molecular weight excluding hydrogens is 162 g/mol. The third kappa shape index (κ3) is 1.06. The zero-order chi connectivity index (χ0) is 9.00. The fourth-order valence-electron chi connectivity index (χ4n) is 2.07. The first-order valence-electron chi connectivity index (χ1n) is 5.09. The van der Waals surface area contributed by atoms with E-state index in [0.29, 0.717) is 11.8 Å². The van der Waals surface area contributed by atoms with Crippen molar-refractivity contribution in [1.82, 2.24) is 9.78 Å². The molecule has 3 rings (SSSR count). The number of nitrogen functional groups attached to an aromatic ring is 1. The Morgan fingerprint density at radius 2 is 1.85 bits per heavy atom.